The van der Waals surface area contributed by atoms with E-state index in [4.69, 9.17) is 13.9 Å². The number of nitrogens with one attached hydrogen (secondary N) is 1. The zero-order valence-corrected chi connectivity index (χ0v) is 14.7. The van der Waals surface area contributed by atoms with Gasteiger partial charge in [-0.2, -0.15) is 0 Å². The Kier molecular flexibility index (Phi) is 4.94. The molecule has 134 valence electrons. The van der Waals surface area contributed by atoms with E-state index < -0.39 is 0 Å². The Morgan fingerprint density at radius 1 is 1.31 bits per heavy atom. The lowest BCUT2D eigenvalue weighted by Crippen LogP contribution is -2.17. The Balaban J connectivity index is 1.39. The molecule has 3 aromatic rings. The van der Waals surface area contributed by atoms with E-state index >= 15 is 0 Å². The lowest BCUT2D eigenvalue weighted by Gasteiger charge is -2.12. The lowest BCUT2D eigenvalue weighted by molar-refractivity contribution is 0.0679. The second-order valence-corrected chi connectivity index (χ2v) is 6.80. The molecule has 0 bridgehead atoms. The number of hydrogen-bond donors (Lipinski definition) is 1. The van der Waals surface area contributed by atoms with Gasteiger partial charge in [0, 0.05) is 12.2 Å². The minimum atomic E-state index is -0.269. The van der Waals surface area contributed by atoms with Gasteiger partial charge in [-0.3, -0.25) is 10.1 Å². The Hall–Kier alpha value is -2.71. The first-order valence-corrected chi connectivity index (χ1v) is 9.13. The van der Waals surface area contributed by atoms with Crippen molar-refractivity contribution in [1.82, 2.24) is 10.2 Å². The Bertz CT molecular complexity index is 872. The molecule has 1 atom stereocenters. The molecule has 1 fully saturated rings. The Morgan fingerprint density at radius 3 is 3.08 bits per heavy atom. The fourth-order valence-electron chi connectivity index (χ4n) is 2.63. The first-order valence-electron chi connectivity index (χ1n) is 8.31. The molecule has 1 saturated heterocycles. The summed E-state index contributed by atoms with van der Waals surface area (Å²) >= 11 is 1.25. The van der Waals surface area contributed by atoms with Crippen LogP contribution < -0.4 is 10.1 Å². The smallest absolute Gasteiger partial charge is 0.257 e. The molecule has 0 aliphatic carbocycles. The molecule has 2 aromatic heterocycles. The highest BCUT2D eigenvalue weighted by molar-refractivity contribution is 7.18. The van der Waals surface area contributed by atoms with Crippen molar-refractivity contribution in [2.75, 3.05) is 18.5 Å². The third kappa shape index (κ3) is 3.92. The first-order chi connectivity index (χ1) is 12.8. The van der Waals surface area contributed by atoms with Gasteiger partial charge in [0.2, 0.25) is 5.13 Å². The molecule has 3 heterocycles. The number of carbonyl (C=O) groups is 1. The van der Waals surface area contributed by atoms with Crippen molar-refractivity contribution >= 4 is 22.4 Å². The van der Waals surface area contributed by atoms with Crippen LogP contribution in [0.25, 0.3) is 10.8 Å². The third-order valence-electron chi connectivity index (χ3n) is 3.93. The van der Waals surface area contributed by atoms with Crippen molar-refractivity contribution < 1.29 is 18.7 Å². The van der Waals surface area contributed by atoms with Crippen LogP contribution in [0.2, 0.25) is 0 Å². The molecule has 26 heavy (non-hydrogen) atoms. The van der Waals surface area contributed by atoms with Gasteiger partial charge in [0.1, 0.15) is 12.4 Å². The molecule has 8 heteroatoms. The van der Waals surface area contributed by atoms with Gasteiger partial charge in [-0.05, 0) is 43.2 Å². The minimum absolute atomic E-state index is 0.133. The average molecular weight is 371 g/mol. The van der Waals surface area contributed by atoms with Crippen LogP contribution in [-0.2, 0) is 4.74 Å². The van der Waals surface area contributed by atoms with E-state index in [0.29, 0.717) is 33.8 Å². The van der Waals surface area contributed by atoms with Crippen LogP contribution in [0.3, 0.4) is 0 Å². The van der Waals surface area contributed by atoms with E-state index in [1.165, 1.54) is 11.3 Å². The number of amides is 1. The summed E-state index contributed by atoms with van der Waals surface area (Å²) in [4.78, 5) is 12.4. The van der Waals surface area contributed by atoms with E-state index in [2.05, 4.69) is 15.5 Å². The van der Waals surface area contributed by atoms with Crippen LogP contribution in [0, 0.1) is 0 Å². The second-order valence-electron chi connectivity index (χ2n) is 5.82. The van der Waals surface area contributed by atoms with Crippen LogP contribution in [0.15, 0.2) is 47.1 Å². The van der Waals surface area contributed by atoms with Gasteiger partial charge in [-0.15, -0.1) is 10.2 Å². The van der Waals surface area contributed by atoms with Crippen molar-refractivity contribution in [3.63, 3.8) is 0 Å². The summed E-state index contributed by atoms with van der Waals surface area (Å²) in [7, 11) is 0. The zero-order valence-electron chi connectivity index (χ0n) is 13.9. The fourth-order valence-corrected chi connectivity index (χ4v) is 3.34. The second kappa shape index (κ2) is 7.67. The molecular formula is C18H17N3O4S. The molecule has 1 amide bonds. The van der Waals surface area contributed by atoms with Crippen molar-refractivity contribution in [3.8, 4) is 16.5 Å². The molecule has 0 radical (unpaired) electrons. The summed E-state index contributed by atoms with van der Waals surface area (Å²) in [5.41, 5.74) is 0.490. The number of rotatable bonds is 6. The van der Waals surface area contributed by atoms with E-state index in [1.807, 2.05) is 6.07 Å². The zero-order chi connectivity index (χ0) is 17.8. The highest BCUT2D eigenvalue weighted by atomic mass is 32.1. The molecule has 1 N–H and O–H groups in total. The highest BCUT2D eigenvalue weighted by Gasteiger charge is 2.17. The normalized spacial score (nSPS) is 16.5. The first kappa shape index (κ1) is 16.7. The van der Waals surface area contributed by atoms with Gasteiger partial charge >= 0.3 is 0 Å². The summed E-state index contributed by atoms with van der Waals surface area (Å²) in [6, 6.07) is 10.6. The standard InChI is InChI=1S/C18H17N3O4S/c22-16(19-18-21-20-17(26-18)15-7-3-9-24-15)12-4-1-5-13(10-12)25-11-14-6-2-8-23-14/h1,3-5,7,9-10,14H,2,6,8,11H2,(H,19,21,22). The number of ether oxygens (including phenoxy) is 2. The predicted molar refractivity (Wildman–Crippen MR) is 96.5 cm³/mol. The molecule has 1 unspecified atom stereocenters. The molecular weight excluding hydrogens is 354 g/mol. The van der Waals surface area contributed by atoms with E-state index in [1.54, 1.807) is 36.6 Å². The average Bonchev–Trinajstić information content (AvgIpc) is 3.41. The topological polar surface area (TPSA) is 86.5 Å². The molecule has 1 aliphatic heterocycles. The van der Waals surface area contributed by atoms with Crippen LogP contribution in [0.5, 0.6) is 5.75 Å². The van der Waals surface area contributed by atoms with Gasteiger partial charge < -0.3 is 13.9 Å². The van der Waals surface area contributed by atoms with Gasteiger partial charge in [0.25, 0.3) is 5.91 Å². The maximum absolute atomic E-state index is 12.4. The van der Waals surface area contributed by atoms with Crippen molar-refractivity contribution in [3.05, 3.63) is 48.2 Å². The van der Waals surface area contributed by atoms with Crippen molar-refractivity contribution in [2.45, 2.75) is 18.9 Å². The number of nitrogens with zero attached hydrogens (tertiary/aromatic N) is 2. The number of furan rings is 1. The summed E-state index contributed by atoms with van der Waals surface area (Å²) < 4.78 is 16.6. The minimum Gasteiger partial charge on any atom is -0.491 e. The maximum Gasteiger partial charge on any atom is 0.257 e. The quantitative estimate of drug-likeness (QED) is 0.712. The Labute approximate surface area is 154 Å². The van der Waals surface area contributed by atoms with E-state index in [9.17, 15) is 4.79 Å². The summed E-state index contributed by atoms with van der Waals surface area (Å²) in [5.74, 6) is 0.990. The summed E-state index contributed by atoms with van der Waals surface area (Å²) in [6.07, 6.45) is 3.78. The fraction of sp³-hybridized carbons (Fsp3) is 0.278. The summed E-state index contributed by atoms with van der Waals surface area (Å²) in [5, 5.41) is 11.8. The maximum atomic E-state index is 12.4. The van der Waals surface area contributed by atoms with Crippen LogP contribution in [0.1, 0.15) is 23.2 Å². The molecule has 7 nitrogen and oxygen atoms in total. The molecule has 0 saturated carbocycles. The number of hydrogen-bond acceptors (Lipinski definition) is 7. The van der Waals surface area contributed by atoms with E-state index in [-0.39, 0.29) is 12.0 Å². The van der Waals surface area contributed by atoms with Gasteiger partial charge in [-0.1, -0.05) is 17.4 Å². The van der Waals surface area contributed by atoms with Crippen LogP contribution in [0.4, 0.5) is 5.13 Å². The SMILES string of the molecule is O=C(Nc1nnc(-c2ccco2)s1)c1cccc(OCC2CCCO2)c1. The van der Waals surface area contributed by atoms with Crippen molar-refractivity contribution in [2.24, 2.45) is 0 Å². The monoisotopic (exact) mass is 371 g/mol. The summed E-state index contributed by atoms with van der Waals surface area (Å²) in [6.45, 7) is 1.28. The molecule has 1 aromatic carbocycles. The Morgan fingerprint density at radius 2 is 2.27 bits per heavy atom. The highest BCUT2D eigenvalue weighted by Crippen LogP contribution is 2.27. The molecule has 4 rings (SSSR count). The molecule has 0 spiro atoms. The predicted octanol–water partition coefficient (Wildman–Crippen LogP) is 3.61. The number of carbonyl (C=O) groups excluding carboxylic acids is 1. The van der Waals surface area contributed by atoms with E-state index in [0.717, 1.165) is 19.4 Å². The van der Waals surface area contributed by atoms with Gasteiger partial charge in [0.05, 0.1) is 12.4 Å². The van der Waals surface area contributed by atoms with Crippen LogP contribution in [-0.4, -0.2) is 35.4 Å². The largest absolute Gasteiger partial charge is 0.491 e. The third-order valence-corrected chi connectivity index (χ3v) is 4.79. The number of benzene rings is 1. The number of aromatic nitrogens is 2. The van der Waals surface area contributed by atoms with Gasteiger partial charge in [-0.25, -0.2) is 0 Å². The number of anilines is 1. The van der Waals surface area contributed by atoms with Crippen LogP contribution >= 0.6 is 11.3 Å². The molecule has 1 aliphatic rings. The lowest BCUT2D eigenvalue weighted by atomic mass is 10.2. The van der Waals surface area contributed by atoms with Crippen molar-refractivity contribution in [1.29, 1.82) is 0 Å². The van der Waals surface area contributed by atoms with Gasteiger partial charge in [0.15, 0.2) is 10.8 Å².